The van der Waals surface area contributed by atoms with Crippen LogP contribution in [-0.2, 0) is 4.74 Å². The van der Waals surface area contributed by atoms with E-state index < -0.39 is 0 Å². The normalized spacial score (nSPS) is 21.8. The first-order chi connectivity index (χ1) is 8.66. The molecule has 0 amide bonds. The molecule has 2 rings (SSSR count). The molecular weight excluding hydrogens is 253 g/mol. The van der Waals surface area contributed by atoms with Crippen LogP contribution in [-0.4, -0.2) is 19.3 Å². The molecule has 1 saturated heterocycles. The van der Waals surface area contributed by atoms with Gasteiger partial charge in [-0.2, -0.15) is 0 Å². The van der Waals surface area contributed by atoms with Gasteiger partial charge in [-0.25, -0.2) is 4.39 Å². The number of rotatable bonds is 4. The molecule has 0 spiro atoms. The highest BCUT2D eigenvalue weighted by atomic mass is 35.5. The minimum atomic E-state index is -0.299. The second-order valence-corrected chi connectivity index (χ2v) is 5.19. The van der Waals surface area contributed by atoms with Crippen molar-refractivity contribution in [3.63, 3.8) is 0 Å². The molecule has 0 aromatic heterocycles. The Morgan fingerprint density at radius 3 is 3.00 bits per heavy atom. The Bertz CT molecular complexity index is 393. The molecule has 0 aliphatic carbocycles. The summed E-state index contributed by atoms with van der Waals surface area (Å²) in [6.07, 6.45) is 3.80. The van der Waals surface area contributed by atoms with Crippen LogP contribution in [0.1, 0.15) is 37.8 Å². The predicted octanol–water partition coefficient (Wildman–Crippen LogP) is 3.70. The smallest absolute Gasteiger partial charge is 0.124 e. The first kappa shape index (κ1) is 13.8. The maximum atomic E-state index is 13.0. The van der Waals surface area contributed by atoms with Crippen LogP contribution < -0.4 is 5.32 Å². The average molecular weight is 272 g/mol. The summed E-state index contributed by atoms with van der Waals surface area (Å²) in [5.74, 6) is -0.299. The summed E-state index contributed by atoms with van der Waals surface area (Å²) in [5, 5.41) is 3.87. The lowest BCUT2D eigenvalue weighted by Crippen LogP contribution is -2.33. The van der Waals surface area contributed by atoms with E-state index in [4.69, 9.17) is 16.3 Å². The van der Waals surface area contributed by atoms with Crippen molar-refractivity contribution in [1.29, 1.82) is 0 Å². The molecule has 1 aromatic carbocycles. The molecular formula is C14H19ClFNO. The van der Waals surface area contributed by atoms with E-state index in [9.17, 15) is 4.39 Å². The Morgan fingerprint density at radius 1 is 1.50 bits per heavy atom. The third kappa shape index (κ3) is 3.67. The second-order valence-electron chi connectivity index (χ2n) is 4.78. The molecule has 1 aromatic rings. The molecule has 1 N–H and O–H groups in total. The molecule has 1 aliphatic rings. The van der Waals surface area contributed by atoms with Gasteiger partial charge in [0.25, 0.3) is 0 Å². The predicted molar refractivity (Wildman–Crippen MR) is 71.4 cm³/mol. The van der Waals surface area contributed by atoms with Gasteiger partial charge in [0.15, 0.2) is 0 Å². The average Bonchev–Trinajstić information content (AvgIpc) is 2.37. The Kier molecular flexibility index (Phi) is 4.98. The Balaban J connectivity index is 1.88. The number of halogens is 2. The maximum absolute atomic E-state index is 13.0. The van der Waals surface area contributed by atoms with Crippen molar-refractivity contribution < 1.29 is 9.13 Å². The lowest BCUT2D eigenvalue weighted by atomic mass is 10.1. The molecule has 100 valence electrons. The summed E-state index contributed by atoms with van der Waals surface area (Å²) in [6.45, 7) is 3.70. The Labute approximate surface area is 112 Å². The molecule has 0 saturated carbocycles. The number of ether oxygens (including phenoxy) is 1. The SMILES string of the molecule is CC(NCC1CCCCO1)c1ccc(F)cc1Cl. The van der Waals surface area contributed by atoms with Gasteiger partial charge < -0.3 is 10.1 Å². The van der Waals surface area contributed by atoms with Gasteiger partial charge in [0, 0.05) is 24.2 Å². The highest BCUT2D eigenvalue weighted by molar-refractivity contribution is 6.31. The van der Waals surface area contributed by atoms with Gasteiger partial charge >= 0.3 is 0 Å². The first-order valence-electron chi connectivity index (χ1n) is 6.47. The Morgan fingerprint density at radius 2 is 2.33 bits per heavy atom. The highest BCUT2D eigenvalue weighted by Crippen LogP contribution is 2.24. The number of benzene rings is 1. The standard InChI is InChI=1S/C14H19ClFNO/c1-10(13-6-5-11(16)8-14(13)15)17-9-12-4-2-3-7-18-12/h5-6,8,10,12,17H,2-4,7,9H2,1H3. The van der Waals surface area contributed by atoms with Crippen molar-refractivity contribution in [2.45, 2.75) is 38.3 Å². The van der Waals surface area contributed by atoms with Crippen molar-refractivity contribution in [1.82, 2.24) is 5.32 Å². The minimum Gasteiger partial charge on any atom is -0.377 e. The monoisotopic (exact) mass is 271 g/mol. The maximum Gasteiger partial charge on any atom is 0.124 e. The molecule has 1 aliphatic heterocycles. The molecule has 18 heavy (non-hydrogen) atoms. The van der Waals surface area contributed by atoms with Crippen molar-refractivity contribution in [3.8, 4) is 0 Å². The third-order valence-electron chi connectivity index (χ3n) is 3.35. The summed E-state index contributed by atoms with van der Waals surface area (Å²) in [5.41, 5.74) is 0.925. The topological polar surface area (TPSA) is 21.3 Å². The lowest BCUT2D eigenvalue weighted by molar-refractivity contribution is 0.0156. The van der Waals surface area contributed by atoms with Gasteiger partial charge in [-0.3, -0.25) is 0 Å². The molecule has 2 nitrogen and oxygen atoms in total. The number of hydrogen-bond donors (Lipinski definition) is 1. The zero-order valence-electron chi connectivity index (χ0n) is 10.6. The van der Waals surface area contributed by atoms with Crippen molar-refractivity contribution in [3.05, 3.63) is 34.6 Å². The zero-order chi connectivity index (χ0) is 13.0. The van der Waals surface area contributed by atoms with E-state index in [-0.39, 0.29) is 11.9 Å². The van der Waals surface area contributed by atoms with E-state index in [0.717, 1.165) is 31.6 Å². The lowest BCUT2D eigenvalue weighted by Gasteiger charge is -2.25. The quantitative estimate of drug-likeness (QED) is 0.902. The fourth-order valence-electron chi connectivity index (χ4n) is 2.24. The van der Waals surface area contributed by atoms with Gasteiger partial charge in [-0.05, 0) is 43.9 Å². The van der Waals surface area contributed by atoms with Crippen LogP contribution in [0.2, 0.25) is 5.02 Å². The van der Waals surface area contributed by atoms with Crippen LogP contribution in [0, 0.1) is 5.82 Å². The fraction of sp³-hybridized carbons (Fsp3) is 0.571. The van der Waals surface area contributed by atoms with Crippen LogP contribution in [0.4, 0.5) is 4.39 Å². The van der Waals surface area contributed by atoms with Crippen molar-refractivity contribution >= 4 is 11.6 Å². The molecule has 0 bridgehead atoms. The number of hydrogen-bond acceptors (Lipinski definition) is 2. The van der Waals surface area contributed by atoms with E-state index >= 15 is 0 Å². The van der Waals surface area contributed by atoms with E-state index in [1.165, 1.54) is 18.6 Å². The first-order valence-corrected chi connectivity index (χ1v) is 6.84. The van der Waals surface area contributed by atoms with Gasteiger partial charge in [0.2, 0.25) is 0 Å². The summed E-state index contributed by atoms with van der Waals surface area (Å²) < 4.78 is 18.6. The third-order valence-corrected chi connectivity index (χ3v) is 3.68. The summed E-state index contributed by atoms with van der Waals surface area (Å²) in [7, 11) is 0. The second kappa shape index (κ2) is 6.50. The van der Waals surface area contributed by atoms with Crippen molar-refractivity contribution in [2.75, 3.05) is 13.2 Å². The molecule has 4 heteroatoms. The molecule has 1 heterocycles. The van der Waals surface area contributed by atoms with Crippen LogP contribution in [0.5, 0.6) is 0 Å². The van der Waals surface area contributed by atoms with E-state index in [0.29, 0.717) is 11.1 Å². The highest BCUT2D eigenvalue weighted by Gasteiger charge is 2.16. The van der Waals surface area contributed by atoms with E-state index in [1.807, 2.05) is 6.92 Å². The van der Waals surface area contributed by atoms with Gasteiger partial charge in [0.05, 0.1) is 6.10 Å². The molecule has 2 unspecified atom stereocenters. The van der Waals surface area contributed by atoms with Crippen LogP contribution in [0.15, 0.2) is 18.2 Å². The summed E-state index contributed by atoms with van der Waals surface area (Å²) in [4.78, 5) is 0. The van der Waals surface area contributed by atoms with Gasteiger partial charge in [-0.15, -0.1) is 0 Å². The summed E-state index contributed by atoms with van der Waals surface area (Å²) >= 11 is 6.03. The van der Waals surface area contributed by atoms with Crippen LogP contribution >= 0.6 is 11.6 Å². The van der Waals surface area contributed by atoms with E-state index in [1.54, 1.807) is 6.07 Å². The van der Waals surface area contributed by atoms with Crippen molar-refractivity contribution in [2.24, 2.45) is 0 Å². The van der Waals surface area contributed by atoms with Gasteiger partial charge in [0.1, 0.15) is 5.82 Å². The molecule has 2 atom stereocenters. The minimum absolute atomic E-state index is 0.101. The largest absolute Gasteiger partial charge is 0.377 e. The fourth-order valence-corrected chi connectivity index (χ4v) is 2.57. The van der Waals surface area contributed by atoms with Crippen LogP contribution in [0.25, 0.3) is 0 Å². The Hall–Kier alpha value is -0.640. The van der Waals surface area contributed by atoms with Crippen LogP contribution in [0.3, 0.4) is 0 Å². The zero-order valence-corrected chi connectivity index (χ0v) is 11.3. The molecule has 0 radical (unpaired) electrons. The molecule has 1 fully saturated rings. The van der Waals surface area contributed by atoms with E-state index in [2.05, 4.69) is 5.32 Å². The summed E-state index contributed by atoms with van der Waals surface area (Å²) in [6, 6.07) is 4.63. The van der Waals surface area contributed by atoms with Gasteiger partial charge in [-0.1, -0.05) is 17.7 Å². The number of nitrogens with one attached hydrogen (secondary N) is 1.